The van der Waals surface area contributed by atoms with Crippen molar-refractivity contribution >= 4 is 43.5 Å². The Bertz CT molecular complexity index is 677. The second-order valence-electron chi connectivity index (χ2n) is 4.41. The first kappa shape index (κ1) is 16.1. The van der Waals surface area contributed by atoms with Crippen molar-refractivity contribution in [2.45, 2.75) is 12.8 Å². The molecule has 110 valence electrons. The average molecular weight is 419 g/mol. The molecule has 0 bridgehead atoms. The zero-order valence-corrected chi connectivity index (χ0v) is 14.0. The number of rotatable bonds is 4. The molecule has 0 heterocycles. The van der Waals surface area contributed by atoms with Gasteiger partial charge < -0.3 is 5.32 Å². The average Bonchev–Trinajstić information content (AvgIpc) is 2.43. The highest BCUT2D eigenvalue weighted by Gasteiger charge is 2.09. The molecule has 2 aromatic rings. The van der Waals surface area contributed by atoms with Crippen LogP contribution in [-0.2, 0) is 11.2 Å². The summed E-state index contributed by atoms with van der Waals surface area (Å²) >= 11 is 6.66. The Morgan fingerprint density at radius 2 is 1.86 bits per heavy atom. The Kier molecular flexibility index (Phi) is 5.47. The first-order valence-corrected chi connectivity index (χ1v) is 7.73. The van der Waals surface area contributed by atoms with Gasteiger partial charge in [0.1, 0.15) is 11.6 Å². The van der Waals surface area contributed by atoms with Crippen molar-refractivity contribution in [2.75, 3.05) is 5.32 Å². The molecule has 0 aromatic heterocycles. The van der Waals surface area contributed by atoms with Crippen molar-refractivity contribution < 1.29 is 13.6 Å². The van der Waals surface area contributed by atoms with Gasteiger partial charge in [-0.1, -0.05) is 15.9 Å². The third kappa shape index (κ3) is 4.61. The molecule has 0 radical (unpaired) electrons. The van der Waals surface area contributed by atoms with E-state index in [4.69, 9.17) is 0 Å². The predicted octanol–water partition coefficient (Wildman–Crippen LogP) is 5.06. The second kappa shape index (κ2) is 7.13. The summed E-state index contributed by atoms with van der Waals surface area (Å²) in [4.78, 5) is 11.9. The van der Waals surface area contributed by atoms with E-state index < -0.39 is 11.6 Å². The van der Waals surface area contributed by atoms with E-state index in [0.717, 1.165) is 27.1 Å². The van der Waals surface area contributed by atoms with E-state index in [-0.39, 0.29) is 24.3 Å². The number of carbonyl (C=O) groups is 1. The smallest absolute Gasteiger partial charge is 0.224 e. The number of hydrogen-bond acceptors (Lipinski definition) is 1. The Morgan fingerprint density at radius 3 is 2.57 bits per heavy atom. The molecule has 0 aliphatic heterocycles. The summed E-state index contributed by atoms with van der Waals surface area (Å²) < 4.78 is 28.1. The van der Waals surface area contributed by atoms with Crippen LogP contribution >= 0.6 is 31.9 Å². The number of halogens is 4. The maximum Gasteiger partial charge on any atom is 0.224 e. The minimum Gasteiger partial charge on any atom is -0.325 e. The molecule has 2 rings (SSSR count). The number of anilines is 1. The van der Waals surface area contributed by atoms with Gasteiger partial charge in [-0.3, -0.25) is 4.79 Å². The molecule has 0 saturated carbocycles. The Hall–Kier alpha value is -1.27. The van der Waals surface area contributed by atoms with Crippen LogP contribution in [0.4, 0.5) is 14.5 Å². The molecule has 0 aliphatic carbocycles. The predicted molar refractivity (Wildman–Crippen MR) is 85.2 cm³/mol. The van der Waals surface area contributed by atoms with Gasteiger partial charge in [0, 0.05) is 15.4 Å². The van der Waals surface area contributed by atoms with Gasteiger partial charge in [-0.2, -0.15) is 0 Å². The fraction of sp³-hybridized carbons (Fsp3) is 0.133. The molecule has 0 atom stereocenters. The standard InChI is InChI=1S/C15H11Br2F2NO/c16-10-2-5-14(12(17)8-10)20-15(21)6-1-9-7-11(18)3-4-13(9)19/h2-5,7-8H,1,6H2,(H,20,21). The van der Waals surface area contributed by atoms with Gasteiger partial charge in [-0.05, 0) is 64.3 Å². The van der Waals surface area contributed by atoms with Crippen molar-refractivity contribution in [3.8, 4) is 0 Å². The fourth-order valence-corrected chi connectivity index (χ4v) is 2.93. The molecular weight excluding hydrogens is 408 g/mol. The summed E-state index contributed by atoms with van der Waals surface area (Å²) in [6.07, 6.45) is 0.215. The van der Waals surface area contributed by atoms with Gasteiger partial charge in [0.2, 0.25) is 5.91 Å². The lowest BCUT2D eigenvalue weighted by Crippen LogP contribution is -2.13. The molecule has 0 fully saturated rings. The summed E-state index contributed by atoms with van der Waals surface area (Å²) in [5.41, 5.74) is 0.822. The van der Waals surface area contributed by atoms with Crippen molar-refractivity contribution in [2.24, 2.45) is 0 Å². The molecule has 2 nitrogen and oxygen atoms in total. The Morgan fingerprint density at radius 1 is 1.10 bits per heavy atom. The van der Waals surface area contributed by atoms with E-state index in [9.17, 15) is 13.6 Å². The lowest BCUT2D eigenvalue weighted by atomic mass is 10.1. The highest BCUT2D eigenvalue weighted by molar-refractivity contribution is 9.11. The van der Waals surface area contributed by atoms with Crippen LogP contribution in [0.2, 0.25) is 0 Å². The summed E-state index contributed by atoms with van der Waals surface area (Å²) in [7, 11) is 0. The van der Waals surface area contributed by atoms with Crippen molar-refractivity contribution in [3.63, 3.8) is 0 Å². The number of carbonyl (C=O) groups excluding carboxylic acids is 1. The first-order chi connectivity index (χ1) is 9.95. The monoisotopic (exact) mass is 417 g/mol. The van der Waals surface area contributed by atoms with Gasteiger partial charge in [-0.15, -0.1) is 0 Å². The quantitative estimate of drug-likeness (QED) is 0.738. The summed E-state index contributed by atoms with van der Waals surface area (Å²) in [6, 6.07) is 8.58. The number of hydrogen-bond donors (Lipinski definition) is 1. The minimum atomic E-state index is -0.512. The molecule has 21 heavy (non-hydrogen) atoms. The molecular formula is C15H11Br2F2NO. The van der Waals surface area contributed by atoms with E-state index >= 15 is 0 Å². The highest BCUT2D eigenvalue weighted by Crippen LogP contribution is 2.26. The number of nitrogens with one attached hydrogen (secondary N) is 1. The van der Waals surface area contributed by atoms with Crippen LogP contribution in [0.1, 0.15) is 12.0 Å². The van der Waals surface area contributed by atoms with Crippen molar-refractivity contribution in [1.29, 1.82) is 0 Å². The topological polar surface area (TPSA) is 29.1 Å². The second-order valence-corrected chi connectivity index (χ2v) is 6.18. The third-order valence-corrected chi connectivity index (χ3v) is 3.98. The Labute approximate surface area is 137 Å². The molecule has 0 unspecified atom stereocenters. The molecule has 2 aromatic carbocycles. The van der Waals surface area contributed by atoms with Gasteiger partial charge in [-0.25, -0.2) is 8.78 Å². The van der Waals surface area contributed by atoms with E-state index in [1.54, 1.807) is 12.1 Å². The zero-order chi connectivity index (χ0) is 15.4. The van der Waals surface area contributed by atoms with Gasteiger partial charge >= 0.3 is 0 Å². The van der Waals surface area contributed by atoms with Crippen LogP contribution in [0.15, 0.2) is 45.3 Å². The lowest BCUT2D eigenvalue weighted by Gasteiger charge is -2.08. The number of benzene rings is 2. The van der Waals surface area contributed by atoms with Crippen LogP contribution in [0, 0.1) is 11.6 Å². The molecule has 6 heteroatoms. The van der Waals surface area contributed by atoms with E-state index in [1.807, 2.05) is 6.07 Å². The number of aryl methyl sites for hydroxylation is 1. The normalized spacial score (nSPS) is 10.5. The van der Waals surface area contributed by atoms with Crippen molar-refractivity contribution in [1.82, 2.24) is 0 Å². The van der Waals surface area contributed by atoms with Crippen molar-refractivity contribution in [3.05, 3.63) is 62.5 Å². The van der Waals surface area contributed by atoms with Crippen LogP contribution in [0.25, 0.3) is 0 Å². The van der Waals surface area contributed by atoms with Crippen LogP contribution < -0.4 is 5.32 Å². The maximum absolute atomic E-state index is 13.4. The van der Waals surface area contributed by atoms with Gasteiger partial charge in [0.25, 0.3) is 0 Å². The molecule has 0 saturated heterocycles. The molecule has 1 N–H and O–H groups in total. The molecule has 0 spiro atoms. The number of amides is 1. The maximum atomic E-state index is 13.4. The van der Waals surface area contributed by atoms with E-state index in [1.165, 1.54) is 0 Å². The SMILES string of the molecule is O=C(CCc1cc(F)ccc1F)Nc1ccc(Br)cc1Br. The molecule has 1 amide bonds. The van der Waals surface area contributed by atoms with Crippen LogP contribution in [-0.4, -0.2) is 5.91 Å². The van der Waals surface area contributed by atoms with E-state index in [0.29, 0.717) is 5.69 Å². The zero-order valence-electron chi connectivity index (χ0n) is 10.8. The largest absolute Gasteiger partial charge is 0.325 e. The molecule has 0 aliphatic rings. The summed E-state index contributed by atoms with van der Waals surface area (Å²) in [5.74, 6) is -1.28. The third-order valence-electron chi connectivity index (χ3n) is 2.83. The first-order valence-electron chi connectivity index (χ1n) is 6.14. The minimum absolute atomic E-state index is 0.0723. The van der Waals surface area contributed by atoms with E-state index in [2.05, 4.69) is 37.2 Å². The Balaban J connectivity index is 1.97. The van der Waals surface area contributed by atoms with Crippen LogP contribution in [0.5, 0.6) is 0 Å². The summed E-state index contributed by atoms with van der Waals surface area (Å²) in [6.45, 7) is 0. The lowest BCUT2D eigenvalue weighted by molar-refractivity contribution is -0.116. The van der Waals surface area contributed by atoms with Gasteiger partial charge in [0.05, 0.1) is 5.69 Å². The van der Waals surface area contributed by atoms with Crippen LogP contribution in [0.3, 0.4) is 0 Å². The highest BCUT2D eigenvalue weighted by atomic mass is 79.9. The summed E-state index contributed by atoms with van der Waals surface area (Å²) in [5, 5.41) is 2.72. The fourth-order valence-electron chi connectivity index (χ4n) is 1.79. The van der Waals surface area contributed by atoms with Gasteiger partial charge in [0.15, 0.2) is 0 Å².